The Hall–Kier alpha value is -1.59. The van der Waals surface area contributed by atoms with E-state index in [1.807, 2.05) is 0 Å². The fraction of sp³-hybridized carbons (Fsp3) is 0.700. The third kappa shape index (κ3) is 2.50. The third-order valence-electron chi connectivity index (χ3n) is 2.54. The largest absolute Gasteiger partial charge is 0.469 e. The third-order valence-corrected chi connectivity index (χ3v) is 2.54. The highest BCUT2D eigenvalue weighted by Gasteiger charge is 2.48. The van der Waals surface area contributed by atoms with Crippen LogP contribution in [0.2, 0.25) is 0 Å². The SMILES string of the molecule is CCOC(=O)[C@]1(CC(=O)OC)CNC(=O)C1. The van der Waals surface area contributed by atoms with Crippen LogP contribution in [0.3, 0.4) is 0 Å². The van der Waals surface area contributed by atoms with Crippen molar-refractivity contribution in [2.75, 3.05) is 20.3 Å². The van der Waals surface area contributed by atoms with Gasteiger partial charge in [-0.25, -0.2) is 0 Å². The predicted octanol–water partition coefficient (Wildman–Crippen LogP) is -0.381. The lowest BCUT2D eigenvalue weighted by molar-refractivity contribution is -0.160. The molecule has 90 valence electrons. The molecule has 1 aliphatic heterocycles. The standard InChI is InChI=1S/C10H15NO5/c1-3-16-9(14)10(5-8(13)15-2)4-7(12)11-6-10/h3-6H2,1-2H3,(H,11,12)/t10-/m1/s1. The van der Waals surface area contributed by atoms with Crippen molar-refractivity contribution in [1.82, 2.24) is 5.32 Å². The molecule has 0 aromatic carbocycles. The summed E-state index contributed by atoms with van der Waals surface area (Å²) in [6.07, 6.45) is -0.165. The highest BCUT2D eigenvalue weighted by molar-refractivity contribution is 5.92. The molecule has 6 heteroatoms. The van der Waals surface area contributed by atoms with E-state index >= 15 is 0 Å². The lowest BCUT2D eigenvalue weighted by atomic mass is 9.83. The van der Waals surface area contributed by atoms with E-state index in [0.29, 0.717) is 0 Å². The van der Waals surface area contributed by atoms with E-state index in [1.165, 1.54) is 7.11 Å². The van der Waals surface area contributed by atoms with Gasteiger partial charge in [-0.1, -0.05) is 0 Å². The molecule has 1 saturated heterocycles. The van der Waals surface area contributed by atoms with Crippen molar-refractivity contribution in [3.8, 4) is 0 Å². The molecule has 0 unspecified atom stereocenters. The lowest BCUT2D eigenvalue weighted by Gasteiger charge is -2.22. The number of carbonyl (C=O) groups is 3. The van der Waals surface area contributed by atoms with Gasteiger partial charge in [-0.2, -0.15) is 0 Å². The first-order chi connectivity index (χ1) is 7.54. The Morgan fingerprint density at radius 1 is 1.50 bits per heavy atom. The average Bonchev–Trinajstić information content (AvgIpc) is 2.61. The second kappa shape index (κ2) is 4.96. The first-order valence-corrected chi connectivity index (χ1v) is 5.05. The van der Waals surface area contributed by atoms with Crippen molar-refractivity contribution < 1.29 is 23.9 Å². The van der Waals surface area contributed by atoms with Crippen molar-refractivity contribution >= 4 is 17.8 Å². The van der Waals surface area contributed by atoms with Gasteiger partial charge in [0.2, 0.25) is 5.91 Å². The minimum Gasteiger partial charge on any atom is -0.469 e. The average molecular weight is 229 g/mol. The molecule has 1 N–H and O–H groups in total. The van der Waals surface area contributed by atoms with Crippen LogP contribution < -0.4 is 5.32 Å². The van der Waals surface area contributed by atoms with Crippen LogP contribution in [0.1, 0.15) is 19.8 Å². The van der Waals surface area contributed by atoms with Gasteiger partial charge in [0.1, 0.15) is 5.41 Å². The van der Waals surface area contributed by atoms with E-state index in [9.17, 15) is 14.4 Å². The van der Waals surface area contributed by atoms with E-state index in [2.05, 4.69) is 10.1 Å². The first kappa shape index (κ1) is 12.5. The van der Waals surface area contributed by atoms with Gasteiger partial charge in [-0.05, 0) is 6.92 Å². The Morgan fingerprint density at radius 3 is 2.62 bits per heavy atom. The Balaban J connectivity index is 2.81. The second-order valence-electron chi connectivity index (χ2n) is 3.71. The summed E-state index contributed by atoms with van der Waals surface area (Å²) in [4.78, 5) is 34.1. The quantitative estimate of drug-likeness (QED) is 0.664. The Kier molecular flexibility index (Phi) is 3.87. The number of nitrogens with one attached hydrogen (secondary N) is 1. The van der Waals surface area contributed by atoms with Gasteiger partial charge in [-0.3, -0.25) is 14.4 Å². The predicted molar refractivity (Wildman–Crippen MR) is 53.3 cm³/mol. The van der Waals surface area contributed by atoms with Crippen LogP contribution in [0.15, 0.2) is 0 Å². The van der Waals surface area contributed by atoms with Crippen LogP contribution >= 0.6 is 0 Å². The summed E-state index contributed by atoms with van der Waals surface area (Å²) in [6, 6.07) is 0. The van der Waals surface area contributed by atoms with Gasteiger partial charge < -0.3 is 14.8 Å². The van der Waals surface area contributed by atoms with Gasteiger partial charge in [0, 0.05) is 13.0 Å². The molecular formula is C10H15NO5. The van der Waals surface area contributed by atoms with Crippen molar-refractivity contribution in [3.05, 3.63) is 0 Å². The Morgan fingerprint density at radius 2 is 2.19 bits per heavy atom. The van der Waals surface area contributed by atoms with E-state index in [0.717, 1.165) is 0 Å². The maximum Gasteiger partial charge on any atom is 0.314 e. The van der Waals surface area contributed by atoms with Gasteiger partial charge in [0.05, 0.1) is 20.1 Å². The topological polar surface area (TPSA) is 81.7 Å². The number of ether oxygens (including phenoxy) is 2. The lowest BCUT2D eigenvalue weighted by Crippen LogP contribution is -2.37. The van der Waals surface area contributed by atoms with Gasteiger partial charge >= 0.3 is 11.9 Å². The van der Waals surface area contributed by atoms with E-state index in [1.54, 1.807) is 6.92 Å². The summed E-state index contributed by atoms with van der Waals surface area (Å²) < 4.78 is 9.40. The van der Waals surface area contributed by atoms with Crippen LogP contribution in [0.5, 0.6) is 0 Å². The summed E-state index contributed by atoms with van der Waals surface area (Å²) in [7, 11) is 1.24. The second-order valence-corrected chi connectivity index (χ2v) is 3.71. The van der Waals surface area contributed by atoms with E-state index in [-0.39, 0.29) is 31.9 Å². The number of carbonyl (C=O) groups excluding carboxylic acids is 3. The molecule has 0 aromatic heterocycles. The molecule has 0 spiro atoms. The molecule has 6 nitrogen and oxygen atoms in total. The Bertz CT molecular complexity index is 314. The Labute approximate surface area is 93.3 Å². The van der Waals surface area contributed by atoms with Gasteiger partial charge in [0.15, 0.2) is 0 Å². The number of esters is 2. The molecule has 0 aliphatic carbocycles. The number of methoxy groups -OCH3 is 1. The number of hydrogen-bond acceptors (Lipinski definition) is 5. The normalized spacial score (nSPS) is 23.8. The number of hydrogen-bond donors (Lipinski definition) is 1. The van der Waals surface area contributed by atoms with Crippen LogP contribution in [-0.4, -0.2) is 38.1 Å². The molecule has 16 heavy (non-hydrogen) atoms. The zero-order valence-electron chi connectivity index (χ0n) is 9.37. The fourth-order valence-corrected chi connectivity index (χ4v) is 1.67. The van der Waals surface area contributed by atoms with Crippen LogP contribution in [0.25, 0.3) is 0 Å². The highest BCUT2D eigenvalue weighted by Crippen LogP contribution is 2.32. The highest BCUT2D eigenvalue weighted by atomic mass is 16.5. The summed E-state index contributed by atoms with van der Waals surface area (Å²) in [5.41, 5.74) is -1.10. The maximum absolute atomic E-state index is 11.7. The van der Waals surface area contributed by atoms with Crippen LogP contribution in [0, 0.1) is 5.41 Å². The molecule has 0 aromatic rings. The molecule has 1 rings (SSSR count). The molecule has 1 fully saturated rings. The zero-order chi connectivity index (χ0) is 12.2. The summed E-state index contributed by atoms with van der Waals surface area (Å²) in [5.74, 6) is -1.31. The van der Waals surface area contributed by atoms with Crippen molar-refractivity contribution in [2.24, 2.45) is 5.41 Å². The summed E-state index contributed by atoms with van der Waals surface area (Å²) in [5, 5.41) is 2.53. The number of rotatable bonds is 4. The van der Waals surface area contributed by atoms with Gasteiger partial charge in [0.25, 0.3) is 0 Å². The summed E-state index contributed by atoms with van der Waals surface area (Å²) >= 11 is 0. The van der Waals surface area contributed by atoms with Crippen LogP contribution in [-0.2, 0) is 23.9 Å². The zero-order valence-corrected chi connectivity index (χ0v) is 9.37. The van der Waals surface area contributed by atoms with E-state index < -0.39 is 17.4 Å². The fourth-order valence-electron chi connectivity index (χ4n) is 1.67. The van der Waals surface area contributed by atoms with Crippen molar-refractivity contribution in [2.45, 2.75) is 19.8 Å². The van der Waals surface area contributed by atoms with Crippen molar-refractivity contribution in [1.29, 1.82) is 0 Å². The molecule has 1 heterocycles. The molecule has 0 bridgehead atoms. The maximum atomic E-state index is 11.7. The molecule has 0 radical (unpaired) electrons. The molecule has 1 aliphatic rings. The molecule has 0 saturated carbocycles. The molecular weight excluding hydrogens is 214 g/mol. The van der Waals surface area contributed by atoms with Crippen molar-refractivity contribution in [3.63, 3.8) is 0 Å². The van der Waals surface area contributed by atoms with Gasteiger partial charge in [-0.15, -0.1) is 0 Å². The molecule has 1 amide bonds. The van der Waals surface area contributed by atoms with E-state index in [4.69, 9.17) is 4.74 Å². The smallest absolute Gasteiger partial charge is 0.314 e. The first-order valence-electron chi connectivity index (χ1n) is 5.05. The summed E-state index contributed by atoms with van der Waals surface area (Å²) in [6.45, 7) is 2.02. The number of amides is 1. The molecule has 1 atom stereocenters. The minimum absolute atomic E-state index is 0.0269. The monoisotopic (exact) mass is 229 g/mol. The van der Waals surface area contributed by atoms with Crippen LogP contribution in [0.4, 0.5) is 0 Å². The minimum atomic E-state index is -1.10.